The number of fused-ring (bicyclic) bond motifs is 1. The molecule has 102 valence electrons. The fraction of sp³-hybridized carbons (Fsp3) is 0.0667. The molecule has 0 unspecified atom stereocenters. The van der Waals surface area contributed by atoms with E-state index < -0.39 is 0 Å². The second kappa shape index (κ2) is 5.37. The molecule has 1 heterocycles. The Kier molecular flexibility index (Phi) is 3.57. The lowest BCUT2D eigenvalue weighted by Crippen LogP contribution is -1.85. The van der Waals surface area contributed by atoms with Crippen LogP contribution in [0.5, 0.6) is 11.5 Å². The third-order valence-electron chi connectivity index (χ3n) is 2.93. The SMILES string of the molecule is OCc1cc2c(Oc3ccc(Cl)cc3)cc(Cl)cc2[nH]1. The number of aliphatic hydroxyl groups excluding tert-OH is 1. The van der Waals surface area contributed by atoms with Crippen molar-refractivity contribution in [1.29, 1.82) is 0 Å². The molecular formula is C15H11Cl2NO2. The van der Waals surface area contributed by atoms with Gasteiger partial charge in [0.2, 0.25) is 0 Å². The maximum absolute atomic E-state index is 9.20. The number of halogens is 2. The Bertz CT molecular complexity index is 750. The molecule has 0 radical (unpaired) electrons. The minimum absolute atomic E-state index is 0.0628. The highest BCUT2D eigenvalue weighted by molar-refractivity contribution is 6.31. The summed E-state index contributed by atoms with van der Waals surface area (Å²) in [4.78, 5) is 3.09. The van der Waals surface area contributed by atoms with E-state index in [2.05, 4.69) is 4.98 Å². The molecule has 0 atom stereocenters. The van der Waals surface area contributed by atoms with Gasteiger partial charge < -0.3 is 14.8 Å². The van der Waals surface area contributed by atoms with Crippen molar-refractivity contribution in [3.05, 3.63) is 58.2 Å². The second-order valence-electron chi connectivity index (χ2n) is 4.37. The number of nitrogens with one attached hydrogen (secondary N) is 1. The van der Waals surface area contributed by atoms with Crippen LogP contribution in [0.4, 0.5) is 0 Å². The van der Waals surface area contributed by atoms with Crippen LogP contribution in [-0.4, -0.2) is 10.1 Å². The van der Waals surface area contributed by atoms with Gasteiger partial charge in [-0.1, -0.05) is 23.2 Å². The third-order valence-corrected chi connectivity index (χ3v) is 3.40. The first-order valence-corrected chi connectivity index (χ1v) is 6.77. The van der Waals surface area contributed by atoms with E-state index in [1.807, 2.05) is 6.07 Å². The summed E-state index contributed by atoms with van der Waals surface area (Å²) in [5.41, 5.74) is 1.54. The maximum Gasteiger partial charge on any atom is 0.138 e. The molecule has 3 aromatic rings. The summed E-state index contributed by atoms with van der Waals surface area (Å²) in [7, 11) is 0. The molecule has 2 N–H and O–H groups in total. The molecule has 20 heavy (non-hydrogen) atoms. The fourth-order valence-corrected chi connectivity index (χ4v) is 2.36. The molecule has 0 aliphatic carbocycles. The van der Waals surface area contributed by atoms with Crippen LogP contribution in [0, 0.1) is 0 Å². The maximum atomic E-state index is 9.20. The molecule has 0 spiro atoms. The molecule has 0 aliphatic heterocycles. The van der Waals surface area contributed by atoms with Gasteiger partial charge in [-0.05, 0) is 36.4 Å². The van der Waals surface area contributed by atoms with Crippen molar-refractivity contribution in [3.63, 3.8) is 0 Å². The molecule has 0 aliphatic rings. The number of rotatable bonds is 3. The average molecular weight is 308 g/mol. The highest BCUT2D eigenvalue weighted by Gasteiger charge is 2.09. The summed E-state index contributed by atoms with van der Waals surface area (Å²) < 4.78 is 5.84. The Morgan fingerprint density at radius 3 is 2.45 bits per heavy atom. The van der Waals surface area contributed by atoms with Crippen LogP contribution in [0.1, 0.15) is 5.69 Å². The molecule has 0 saturated heterocycles. The predicted molar refractivity (Wildman–Crippen MR) is 80.8 cm³/mol. The van der Waals surface area contributed by atoms with Crippen molar-refractivity contribution in [2.75, 3.05) is 0 Å². The number of hydrogen-bond acceptors (Lipinski definition) is 2. The van der Waals surface area contributed by atoms with Crippen LogP contribution in [0.25, 0.3) is 10.9 Å². The van der Waals surface area contributed by atoms with Crippen LogP contribution in [0.2, 0.25) is 10.0 Å². The van der Waals surface area contributed by atoms with Crippen molar-refractivity contribution in [1.82, 2.24) is 4.98 Å². The summed E-state index contributed by atoms with van der Waals surface area (Å²) in [6.07, 6.45) is 0. The van der Waals surface area contributed by atoms with Gasteiger partial charge in [-0.25, -0.2) is 0 Å². The molecule has 3 rings (SSSR count). The van der Waals surface area contributed by atoms with Crippen molar-refractivity contribution >= 4 is 34.1 Å². The molecular weight excluding hydrogens is 297 g/mol. The number of aliphatic hydroxyl groups is 1. The van der Waals surface area contributed by atoms with E-state index in [0.717, 1.165) is 10.9 Å². The molecule has 0 bridgehead atoms. The Labute approximate surface area is 125 Å². The fourth-order valence-electron chi connectivity index (χ4n) is 2.03. The first-order valence-electron chi connectivity index (χ1n) is 6.01. The largest absolute Gasteiger partial charge is 0.457 e. The first kappa shape index (κ1) is 13.3. The normalized spacial score (nSPS) is 10.9. The molecule has 3 nitrogen and oxygen atoms in total. The zero-order chi connectivity index (χ0) is 14.1. The number of benzene rings is 2. The van der Waals surface area contributed by atoms with Crippen LogP contribution < -0.4 is 4.74 Å². The molecule has 1 aromatic heterocycles. The minimum atomic E-state index is -0.0628. The Morgan fingerprint density at radius 2 is 1.75 bits per heavy atom. The summed E-state index contributed by atoms with van der Waals surface area (Å²) >= 11 is 11.9. The first-order chi connectivity index (χ1) is 9.65. The highest BCUT2D eigenvalue weighted by Crippen LogP contribution is 2.34. The van der Waals surface area contributed by atoms with Gasteiger partial charge in [-0.15, -0.1) is 0 Å². The lowest BCUT2D eigenvalue weighted by atomic mass is 10.2. The van der Waals surface area contributed by atoms with Crippen molar-refractivity contribution < 1.29 is 9.84 Å². The summed E-state index contributed by atoms with van der Waals surface area (Å²) in [6.45, 7) is -0.0628. The monoisotopic (exact) mass is 307 g/mol. The average Bonchev–Trinajstić information content (AvgIpc) is 2.84. The van der Waals surface area contributed by atoms with Crippen molar-refractivity contribution in [3.8, 4) is 11.5 Å². The summed E-state index contributed by atoms with van der Waals surface area (Å²) in [5, 5.41) is 11.3. The van der Waals surface area contributed by atoms with E-state index >= 15 is 0 Å². The molecule has 2 aromatic carbocycles. The Morgan fingerprint density at radius 1 is 1.00 bits per heavy atom. The van der Waals surface area contributed by atoms with E-state index in [0.29, 0.717) is 27.2 Å². The number of ether oxygens (including phenoxy) is 1. The van der Waals surface area contributed by atoms with Crippen molar-refractivity contribution in [2.24, 2.45) is 0 Å². The van der Waals surface area contributed by atoms with Gasteiger partial charge in [-0.3, -0.25) is 0 Å². The van der Waals surface area contributed by atoms with Crippen LogP contribution in [0.15, 0.2) is 42.5 Å². The zero-order valence-corrected chi connectivity index (χ0v) is 11.9. The van der Waals surface area contributed by atoms with Gasteiger partial charge in [0.05, 0.1) is 12.1 Å². The predicted octanol–water partition coefficient (Wildman–Crippen LogP) is 4.76. The lowest BCUT2D eigenvalue weighted by Gasteiger charge is -2.07. The van der Waals surface area contributed by atoms with Gasteiger partial charge in [0, 0.05) is 27.2 Å². The Balaban J connectivity index is 2.05. The molecule has 5 heteroatoms. The van der Waals surface area contributed by atoms with E-state index in [4.69, 9.17) is 27.9 Å². The minimum Gasteiger partial charge on any atom is -0.457 e. The van der Waals surface area contributed by atoms with Gasteiger partial charge in [-0.2, -0.15) is 0 Å². The standard InChI is InChI=1S/C15H11Cl2NO2/c16-9-1-3-12(4-2-9)20-15-6-10(17)5-14-13(15)7-11(8-19)18-14/h1-7,18-19H,8H2. The van der Waals surface area contributed by atoms with E-state index in [-0.39, 0.29) is 6.61 Å². The van der Waals surface area contributed by atoms with E-state index in [9.17, 15) is 5.11 Å². The van der Waals surface area contributed by atoms with Gasteiger partial charge in [0.1, 0.15) is 11.5 Å². The molecule has 0 saturated carbocycles. The molecule has 0 amide bonds. The summed E-state index contributed by atoms with van der Waals surface area (Å²) in [6, 6.07) is 12.5. The van der Waals surface area contributed by atoms with Crippen LogP contribution in [0.3, 0.4) is 0 Å². The lowest BCUT2D eigenvalue weighted by molar-refractivity contribution is 0.278. The number of aromatic amines is 1. The van der Waals surface area contributed by atoms with Crippen LogP contribution >= 0.6 is 23.2 Å². The quantitative estimate of drug-likeness (QED) is 0.733. The van der Waals surface area contributed by atoms with Gasteiger partial charge >= 0.3 is 0 Å². The number of aromatic nitrogens is 1. The van der Waals surface area contributed by atoms with Crippen molar-refractivity contribution in [2.45, 2.75) is 6.61 Å². The number of hydrogen-bond donors (Lipinski definition) is 2. The summed E-state index contributed by atoms with van der Waals surface area (Å²) in [5.74, 6) is 1.30. The van der Waals surface area contributed by atoms with E-state index in [1.165, 1.54) is 0 Å². The Hall–Kier alpha value is -1.68. The topological polar surface area (TPSA) is 45.2 Å². The molecule has 0 fully saturated rings. The van der Waals surface area contributed by atoms with Gasteiger partial charge in [0.15, 0.2) is 0 Å². The second-order valence-corrected chi connectivity index (χ2v) is 5.25. The van der Waals surface area contributed by atoms with Crippen LogP contribution in [-0.2, 0) is 6.61 Å². The smallest absolute Gasteiger partial charge is 0.138 e. The zero-order valence-electron chi connectivity index (χ0n) is 10.4. The third kappa shape index (κ3) is 2.61. The number of H-pyrrole nitrogens is 1. The van der Waals surface area contributed by atoms with Gasteiger partial charge in [0.25, 0.3) is 0 Å². The highest BCUT2D eigenvalue weighted by atomic mass is 35.5. The van der Waals surface area contributed by atoms with E-state index in [1.54, 1.807) is 36.4 Å².